The van der Waals surface area contributed by atoms with Gasteiger partial charge < -0.3 is 10.1 Å². The molecule has 2 aliphatic rings. The number of carbonyl (C=O) groups excluding carboxylic acids is 2. The van der Waals surface area contributed by atoms with Gasteiger partial charge in [0.2, 0.25) is 5.91 Å². The van der Waals surface area contributed by atoms with Crippen LogP contribution in [0.5, 0.6) is 0 Å². The topological polar surface area (TPSA) is 96.0 Å². The van der Waals surface area contributed by atoms with Crippen molar-refractivity contribution in [3.63, 3.8) is 0 Å². The minimum absolute atomic E-state index is 0.226. The number of carbonyl (C=O) groups is 2. The van der Waals surface area contributed by atoms with Gasteiger partial charge in [0, 0.05) is 31.1 Å². The van der Waals surface area contributed by atoms with Crippen LogP contribution in [0.25, 0.3) is 0 Å². The first-order valence-corrected chi connectivity index (χ1v) is 15.5. The Kier molecular flexibility index (Phi) is 7.77. The summed E-state index contributed by atoms with van der Waals surface area (Å²) in [6.07, 6.45) is 1.70. The highest BCUT2D eigenvalue weighted by atomic mass is 32.2. The highest BCUT2D eigenvalue weighted by Crippen LogP contribution is 2.39. The third-order valence-corrected chi connectivity index (χ3v) is 11.1. The van der Waals surface area contributed by atoms with Crippen LogP contribution in [-0.4, -0.2) is 55.2 Å². The SMILES string of the molecule is CCOC(=O)c1c(NC(=O)C2CCCN2S(=O)(=O)c2cccs2)sc2c1CCN(Cc1ccccc1)C2. The van der Waals surface area contributed by atoms with E-state index in [0.717, 1.165) is 34.9 Å². The third-order valence-electron chi connectivity index (χ3n) is 6.67. The standard InChI is InChI=1S/C26H29N3O5S3/c1-2-34-26(31)23-19-12-14-28(16-18-8-4-3-5-9-18)17-21(19)36-25(23)27-24(30)20-10-6-13-29(20)37(32,33)22-11-7-15-35-22/h3-5,7-9,11,15,20H,2,6,10,12-14,16-17H2,1H3,(H,27,30). The minimum Gasteiger partial charge on any atom is -0.462 e. The van der Waals surface area contributed by atoms with Gasteiger partial charge in [0.05, 0.1) is 12.2 Å². The van der Waals surface area contributed by atoms with Crippen molar-refractivity contribution in [2.75, 3.05) is 25.0 Å². The number of ether oxygens (including phenoxy) is 1. The largest absolute Gasteiger partial charge is 0.462 e. The fraction of sp³-hybridized carbons (Fsp3) is 0.385. The van der Waals surface area contributed by atoms with E-state index in [1.54, 1.807) is 24.4 Å². The molecule has 4 heterocycles. The maximum atomic E-state index is 13.4. The molecule has 37 heavy (non-hydrogen) atoms. The molecule has 11 heteroatoms. The van der Waals surface area contributed by atoms with Gasteiger partial charge in [-0.05, 0) is 48.8 Å². The normalized spacial score (nSPS) is 18.5. The molecule has 0 saturated carbocycles. The van der Waals surface area contributed by atoms with Crippen molar-refractivity contribution >= 4 is 49.6 Å². The van der Waals surface area contributed by atoms with Gasteiger partial charge in [-0.25, -0.2) is 13.2 Å². The van der Waals surface area contributed by atoms with Crippen LogP contribution in [0.1, 0.15) is 46.1 Å². The van der Waals surface area contributed by atoms with Gasteiger partial charge in [0.1, 0.15) is 15.3 Å². The number of hydrogen-bond acceptors (Lipinski definition) is 8. The summed E-state index contributed by atoms with van der Waals surface area (Å²) in [4.78, 5) is 29.7. The third kappa shape index (κ3) is 5.37. The Balaban J connectivity index is 1.39. The Morgan fingerprint density at radius 1 is 1.14 bits per heavy atom. The van der Waals surface area contributed by atoms with E-state index in [4.69, 9.17) is 4.74 Å². The predicted molar refractivity (Wildman–Crippen MR) is 144 cm³/mol. The van der Waals surface area contributed by atoms with E-state index in [0.29, 0.717) is 42.9 Å². The first kappa shape index (κ1) is 26.1. The molecule has 1 fully saturated rings. The smallest absolute Gasteiger partial charge is 0.341 e. The second kappa shape index (κ2) is 11.0. The molecule has 0 aliphatic carbocycles. The molecule has 196 valence electrons. The molecule has 2 aliphatic heterocycles. The highest BCUT2D eigenvalue weighted by molar-refractivity contribution is 7.91. The van der Waals surface area contributed by atoms with E-state index < -0.39 is 27.9 Å². The second-order valence-corrected chi connectivity index (χ2v) is 13.2. The van der Waals surface area contributed by atoms with Crippen LogP contribution in [0.15, 0.2) is 52.1 Å². The minimum atomic E-state index is -3.76. The van der Waals surface area contributed by atoms with E-state index >= 15 is 0 Å². The molecule has 2 aromatic heterocycles. The Morgan fingerprint density at radius 2 is 1.95 bits per heavy atom. The van der Waals surface area contributed by atoms with Gasteiger partial charge in [-0.3, -0.25) is 9.69 Å². The average Bonchev–Trinajstić information content (AvgIpc) is 3.64. The number of nitrogens with zero attached hydrogens (tertiary/aromatic N) is 2. The van der Waals surface area contributed by atoms with Gasteiger partial charge >= 0.3 is 5.97 Å². The van der Waals surface area contributed by atoms with E-state index in [1.165, 1.54) is 21.2 Å². The number of hydrogen-bond donors (Lipinski definition) is 1. The summed E-state index contributed by atoms with van der Waals surface area (Å²) in [6.45, 7) is 4.52. The number of anilines is 1. The zero-order valence-electron chi connectivity index (χ0n) is 20.5. The maximum Gasteiger partial charge on any atom is 0.341 e. The summed E-state index contributed by atoms with van der Waals surface area (Å²) < 4.78 is 33.2. The fourth-order valence-electron chi connectivity index (χ4n) is 4.95. The Labute approximate surface area is 224 Å². The first-order valence-electron chi connectivity index (χ1n) is 12.3. The monoisotopic (exact) mass is 559 g/mol. The van der Waals surface area contributed by atoms with Crippen molar-refractivity contribution in [1.29, 1.82) is 0 Å². The number of esters is 1. The van der Waals surface area contributed by atoms with Crippen molar-refractivity contribution in [2.45, 2.75) is 49.5 Å². The Bertz CT molecular complexity index is 1370. The number of nitrogens with one attached hydrogen (secondary N) is 1. The molecule has 1 amide bonds. The van der Waals surface area contributed by atoms with Crippen molar-refractivity contribution in [1.82, 2.24) is 9.21 Å². The molecule has 5 rings (SSSR count). The molecule has 3 aromatic rings. The molecule has 0 spiro atoms. The summed E-state index contributed by atoms with van der Waals surface area (Å²) in [7, 11) is -3.76. The lowest BCUT2D eigenvalue weighted by atomic mass is 10.0. The van der Waals surface area contributed by atoms with Crippen molar-refractivity contribution in [2.24, 2.45) is 0 Å². The van der Waals surface area contributed by atoms with Crippen LogP contribution in [0.3, 0.4) is 0 Å². The number of sulfonamides is 1. The molecule has 1 unspecified atom stereocenters. The zero-order valence-corrected chi connectivity index (χ0v) is 23.0. The first-order chi connectivity index (χ1) is 17.9. The Hall–Kier alpha value is -2.57. The maximum absolute atomic E-state index is 13.4. The molecule has 8 nitrogen and oxygen atoms in total. The van der Waals surface area contributed by atoms with Gasteiger partial charge in [-0.2, -0.15) is 4.31 Å². The van der Waals surface area contributed by atoms with E-state index in [2.05, 4.69) is 22.3 Å². The van der Waals surface area contributed by atoms with Gasteiger partial charge in [-0.15, -0.1) is 22.7 Å². The zero-order chi connectivity index (χ0) is 26.0. The number of amides is 1. The summed E-state index contributed by atoms with van der Waals surface area (Å²) >= 11 is 2.52. The van der Waals surface area contributed by atoms with Crippen LogP contribution in [-0.2, 0) is 39.1 Å². The second-order valence-electron chi connectivity index (χ2n) is 9.07. The molecule has 1 atom stereocenters. The summed E-state index contributed by atoms with van der Waals surface area (Å²) in [5, 5.41) is 5.07. The molecule has 0 radical (unpaired) electrons. The average molecular weight is 560 g/mol. The molecule has 1 saturated heterocycles. The quantitative estimate of drug-likeness (QED) is 0.413. The van der Waals surface area contributed by atoms with Crippen molar-refractivity contribution in [3.05, 3.63) is 69.4 Å². The van der Waals surface area contributed by atoms with Gasteiger partial charge in [-0.1, -0.05) is 36.4 Å². The summed E-state index contributed by atoms with van der Waals surface area (Å²) in [5.74, 6) is -0.871. The van der Waals surface area contributed by atoms with Crippen LogP contribution in [0.2, 0.25) is 0 Å². The lowest BCUT2D eigenvalue weighted by Gasteiger charge is -2.27. The van der Waals surface area contributed by atoms with Gasteiger partial charge in [0.25, 0.3) is 10.0 Å². The highest BCUT2D eigenvalue weighted by Gasteiger charge is 2.41. The van der Waals surface area contributed by atoms with Crippen molar-refractivity contribution < 1.29 is 22.7 Å². The number of thiophene rings is 2. The van der Waals surface area contributed by atoms with E-state index in [9.17, 15) is 18.0 Å². The lowest BCUT2D eigenvalue weighted by molar-refractivity contribution is -0.119. The van der Waals surface area contributed by atoms with Crippen LogP contribution >= 0.6 is 22.7 Å². The molecular formula is C26H29N3O5S3. The van der Waals surface area contributed by atoms with Crippen LogP contribution in [0.4, 0.5) is 5.00 Å². The molecule has 1 aromatic carbocycles. The number of rotatable bonds is 8. The summed E-state index contributed by atoms with van der Waals surface area (Å²) in [6, 6.07) is 12.6. The van der Waals surface area contributed by atoms with Gasteiger partial charge in [0.15, 0.2) is 0 Å². The van der Waals surface area contributed by atoms with Crippen LogP contribution < -0.4 is 5.32 Å². The van der Waals surface area contributed by atoms with E-state index in [-0.39, 0.29) is 10.8 Å². The Morgan fingerprint density at radius 3 is 2.68 bits per heavy atom. The predicted octanol–water partition coefficient (Wildman–Crippen LogP) is 4.34. The van der Waals surface area contributed by atoms with Crippen LogP contribution in [0, 0.1) is 0 Å². The molecular weight excluding hydrogens is 531 g/mol. The number of fused-ring (bicyclic) bond motifs is 1. The van der Waals surface area contributed by atoms with Crippen molar-refractivity contribution in [3.8, 4) is 0 Å². The fourth-order valence-corrected chi connectivity index (χ4v) is 9.01. The summed E-state index contributed by atoms with van der Waals surface area (Å²) in [5.41, 5.74) is 2.53. The molecule has 0 bridgehead atoms. The number of benzene rings is 1. The molecule has 1 N–H and O–H groups in total. The van der Waals surface area contributed by atoms with E-state index in [1.807, 2.05) is 18.2 Å². The lowest BCUT2D eigenvalue weighted by Crippen LogP contribution is -2.42.